The van der Waals surface area contributed by atoms with E-state index in [0.717, 1.165) is 10.0 Å². The largest absolute Gasteiger partial charge is 0.452 e. The molecule has 0 saturated heterocycles. The molecule has 1 aliphatic heterocycles. The maximum Gasteiger partial charge on any atom is 0.345 e. The van der Waals surface area contributed by atoms with Crippen molar-refractivity contribution in [3.8, 4) is 11.5 Å². The van der Waals surface area contributed by atoms with Crippen LogP contribution in [0.5, 0.6) is 11.5 Å². The number of esters is 1. The minimum absolute atomic E-state index is 0.194. The van der Waals surface area contributed by atoms with Gasteiger partial charge >= 0.3 is 5.97 Å². The monoisotopic (exact) mass is 435 g/mol. The van der Waals surface area contributed by atoms with Crippen LogP contribution in [0.2, 0.25) is 0 Å². The average molecular weight is 436 g/mol. The van der Waals surface area contributed by atoms with Crippen LogP contribution in [0, 0.1) is 6.92 Å². The van der Waals surface area contributed by atoms with Crippen LogP contribution in [0.15, 0.2) is 71.2 Å². The molecule has 28 heavy (non-hydrogen) atoms. The summed E-state index contributed by atoms with van der Waals surface area (Å²) in [6.45, 7) is 1.78. The van der Waals surface area contributed by atoms with Gasteiger partial charge in [-0.15, -0.1) is 0 Å². The lowest BCUT2D eigenvalue weighted by Gasteiger charge is -2.07. The van der Waals surface area contributed by atoms with Crippen molar-refractivity contribution in [1.29, 1.82) is 0 Å². The molecule has 3 aromatic rings. The van der Waals surface area contributed by atoms with Gasteiger partial charge in [0, 0.05) is 22.9 Å². The second kappa shape index (κ2) is 7.40. The van der Waals surface area contributed by atoms with Crippen molar-refractivity contribution in [2.75, 3.05) is 0 Å². The van der Waals surface area contributed by atoms with Crippen molar-refractivity contribution in [1.82, 2.24) is 4.98 Å². The predicted molar refractivity (Wildman–Crippen MR) is 107 cm³/mol. The number of hydrogen-bond donors (Lipinski definition) is 0. The van der Waals surface area contributed by atoms with Crippen molar-refractivity contribution < 1.29 is 19.1 Å². The van der Waals surface area contributed by atoms with Gasteiger partial charge in [0.15, 0.2) is 5.76 Å². The van der Waals surface area contributed by atoms with Gasteiger partial charge in [0.25, 0.3) is 0 Å². The van der Waals surface area contributed by atoms with Gasteiger partial charge in [0.1, 0.15) is 11.5 Å². The third kappa shape index (κ3) is 3.59. The Hall–Kier alpha value is -3.25. The molecule has 0 saturated carbocycles. The zero-order valence-corrected chi connectivity index (χ0v) is 16.4. The van der Waals surface area contributed by atoms with Crippen molar-refractivity contribution >= 4 is 33.8 Å². The van der Waals surface area contributed by atoms with E-state index in [1.807, 2.05) is 24.3 Å². The minimum Gasteiger partial charge on any atom is -0.452 e. The van der Waals surface area contributed by atoms with Gasteiger partial charge in [0.2, 0.25) is 5.78 Å². The number of fused-ring (bicyclic) bond motifs is 1. The number of carbonyl (C=O) groups excluding carboxylic acids is 2. The first-order valence-corrected chi connectivity index (χ1v) is 9.27. The van der Waals surface area contributed by atoms with Crippen LogP contribution < -0.4 is 9.47 Å². The second-order valence-electron chi connectivity index (χ2n) is 6.24. The summed E-state index contributed by atoms with van der Waals surface area (Å²) in [6.07, 6.45) is 4.70. The number of carbonyl (C=O) groups is 2. The maximum atomic E-state index is 12.7. The Bertz CT molecular complexity index is 1110. The van der Waals surface area contributed by atoms with E-state index < -0.39 is 5.97 Å². The van der Waals surface area contributed by atoms with Gasteiger partial charge in [-0.25, -0.2) is 4.79 Å². The molecule has 0 unspecified atom stereocenters. The van der Waals surface area contributed by atoms with E-state index in [9.17, 15) is 9.59 Å². The van der Waals surface area contributed by atoms with Crippen molar-refractivity contribution in [2.45, 2.75) is 6.92 Å². The molecular weight excluding hydrogens is 422 g/mol. The number of allylic oxidation sites excluding steroid dienone is 1. The molecule has 0 fully saturated rings. The van der Waals surface area contributed by atoms with Gasteiger partial charge in [-0.2, -0.15) is 0 Å². The molecule has 2 heterocycles. The molecule has 6 heteroatoms. The maximum absolute atomic E-state index is 12.7. The van der Waals surface area contributed by atoms with Crippen molar-refractivity contribution in [2.24, 2.45) is 0 Å². The fourth-order valence-electron chi connectivity index (χ4n) is 2.90. The topological polar surface area (TPSA) is 65.5 Å². The van der Waals surface area contributed by atoms with Crippen LogP contribution >= 0.6 is 15.9 Å². The second-order valence-corrected chi connectivity index (χ2v) is 7.15. The summed E-state index contributed by atoms with van der Waals surface area (Å²) in [7, 11) is 0. The number of aromatic nitrogens is 1. The highest BCUT2D eigenvalue weighted by Crippen LogP contribution is 2.37. The molecule has 0 radical (unpaired) electrons. The zero-order chi connectivity index (χ0) is 19.7. The molecule has 0 N–H and O–H groups in total. The summed E-state index contributed by atoms with van der Waals surface area (Å²) in [6, 6.07) is 14.0. The summed E-state index contributed by atoms with van der Waals surface area (Å²) in [5.41, 5.74) is 2.34. The number of rotatable bonds is 3. The molecule has 0 atom stereocenters. The smallest absolute Gasteiger partial charge is 0.345 e. The lowest BCUT2D eigenvalue weighted by atomic mass is 10.0. The van der Waals surface area contributed by atoms with Crippen LogP contribution in [-0.4, -0.2) is 16.7 Å². The highest BCUT2D eigenvalue weighted by Gasteiger charge is 2.30. The SMILES string of the molecule is Cc1cc(OC(=O)c2cccnc2)cc2c1C(=O)/C(=C/c1ccc(Br)cc1)O2. The van der Waals surface area contributed by atoms with E-state index in [1.165, 1.54) is 6.20 Å². The first-order valence-electron chi connectivity index (χ1n) is 8.48. The molecule has 4 rings (SSSR count). The molecule has 1 aliphatic rings. The highest BCUT2D eigenvalue weighted by atomic mass is 79.9. The van der Waals surface area contributed by atoms with E-state index in [2.05, 4.69) is 20.9 Å². The summed E-state index contributed by atoms with van der Waals surface area (Å²) in [4.78, 5) is 28.9. The molecule has 138 valence electrons. The Morgan fingerprint density at radius 2 is 1.96 bits per heavy atom. The van der Waals surface area contributed by atoms with Crippen LogP contribution in [0.1, 0.15) is 31.8 Å². The van der Waals surface area contributed by atoms with E-state index in [4.69, 9.17) is 9.47 Å². The number of aryl methyl sites for hydroxylation is 1. The van der Waals surface area contributed by atoms with E-state index in [0.29, 0.717) is 28.2 Å². The molecule has 0 bridgehead atoms. The number of Topliss-reactive ketones (excluding diaryl/α,β-unsaturated/α-hetero) is 1. The Kier molecular flexibility index (Phi) is 4.79. The molecule has 1 aromatic heterocycles. The molecule has 0 amide bonds. The number of benzene rings is 2. The highest BCUT2D eigenvalue weighted by molar-refractivity contribution is 9.10. The van der Waals surface area contributed by atoms with Crippen LogP contribution in [-0.2, 0) is 0 Å². The number of halogens is 1. The van der Waals surface area contributed by atoms with Crippen LogP contribution in [0.4, 0.5) is 0 Å². The van der Waals surface area contributed by atoms with Crippen molar-refractivity contribution in [3.05, 3.63) is 93.4 Å². The van der Waals surface area contributed by atoms with Gasteiger partial charge in [-0.05, 0) is 54.5 Å². The number of hydrogen-bond acceptors (Lipinski definition) is 5. The fourth-order valence-corrected chi connectivity index (χ4v) is 3.16. The van der Waals surface area contributed by atoms with Gasteiger partial charge in [0.05, 0.1) is 11.1 Å². The number of pyridine rings is 1. The zero-order valence-electron chi connectivity index (χ0n) is 14.8. The lowest BCUT2D eigenvalue weighted by Crippen LogP contribution is -2.09. The van der Waals surface area contributed by atoms with Gasteiger partial charge in [-0.1, -0.05) is 28.1 Å². The van der Waals surface area contributed by atoms with Crippen LogP contribution in [0.3, 0.4) is 0 Å². The molecular formula is C22H14BrNO4. The molecule has 0 spiro atoms. The Morgan fingerprint density at radius 3 is 2.68 bits per heavy atom. The first kappa shape index (κ1) is 18.1. The standard InChI is InChI=1S/C22H14BrNO4/c1-13-9-17(27-22(26)15-3-2-8-24-12-15)11-18-20(13)21(25)19(28-18)10-14-4-6-16(23)7-5-14/h2-12H,1H3/b19-10-. The average Bonchev–Trinajstić information content (AvgIpc) is 3.00. The van der Waals surface area contributed by atoms with Gasteiger partial charge in [-0.3, -0.25) is 9.78 Å². The molecule has 5 nitrogen and oxygen atoms in total. The Morgan fingerprint density at radius 1 is 1.18 bits per heavy atom. The normalized spacial score (nSPS) is 13.9. The fraction of sp³-hybridized carbons (Fsp3) is 0.0455. The number of nitrogens with zero attached hydrogens (tertiary/aromatic N) is 1. The number of ether oxygens (including phenoxy) is 2. The van der Waals surface area contributed by atoms with E-state index >= 15 is 0 Å². The summed E-state index contributed by atoms with van der Waals surface area (Å²) in [5, 5.41) is 0. The third-order valence-electron chi connectivity index (χ3n) is 4.22. The Labute approximate surface area is 169 Å². The lowest BCUT2D eigenvalue weighted by molar-refractivity contribution is 0.0734. The quantitative estimate of drug-likeness (QED) is 0.329. The number of ketones is 1. The minimum atomic E-state index is -0.526. The van der Waals surface area contributed by atoms with E-state index in [-0.39, 0.29) is 11.5 Å². The molecule has 2 aromatic carbocycles. The van der Waals surface area contributed by atoms with Crippen LogP contribution in [0.25, 0.3) is 6.08 Å². The summed E-state index contributed by atoms with van der Waals surface area (Å²) in [5.74, 6) is 0.198. The summed E-state index contributed by atoms with van der Waals surface area (Å²) >= 11 is 3.38. The van der Waals surface area contributed by atoms with Gasteiger partial charge < -0.3 is 9.47 Å². The Balaban J connectivity index is 1.61. The van der Waals surface area contributed by atoms with Crippen molar-refractivity contribution in [3.63, 3.8) is 0 Å². The van der Waals surface area contributed by atoms with E-state index in [1.54, 1.807) is 43.5 Å². The first-order chi connectivity index (χ1) is 13.5. The molecule has 0 aliphatic carbocycles. The predicted octanol–water partition coefficient (Wildman–Crippen LogP) is 4.99. The third-order valence-corrected chi connectivity index (χ3v) is 4.75. The summed E-state index contributed by atoms with van der Waals surface area (Å²) < 4.78 is 12.1.